The first-order valence-corrected chi connectivity index (χ1v) is 18.3. The third kappa shape index (κ3) is 7.16. The summed E-state index contributed by atoms with van der Waals surface area (Å²) >= 11 is 0. The highest BCUT2D eigenvalue weighted by molar-refractivity contribution is 7.85. The minimum Gasteiger partial charge on any atom is -0.431 e. The van der Waals surface area contributed by atoms with Crippen LogP contribution in [0.4, 0.5) is 10.5 Å². The summed E-state index contributed by atoms with van der Waals surface area (Å²) in [7, 11) is -4.15. The second kappa shape index (κ2) is 13.6. The number of ether oxygens (including phenoxy) is 2. The second-order valence-corrected chi connectivity index (χ2v) is 16.4. The molecule has 0 heterocycles. The maximum Gasteiger partial charge on any atom is 0.514 e. The van der Waals surface area contributed by atoms with Crippen LogP contribution in [0.2, 0.25) is 0 Å². The highest BCUT2D eigenvalue weighted by atomic mass is 32.2. The highest BCUT2D eigenvalue weighted by Crippen LogP contribution is 2.68. The van der Waals surface area contributed by atoms with Crippen molar-refractivity contribution in [1.82, 2.24) is 5.32 Å². The van der Waals surface area contributed by atoms with E-state index in [2.05, 4.69) is 26.1 Å². The lowest BCUT2D eigenvalue weighted by atomic mass is 9.43. The molecule has 13 nitrogen and oxygen atoms in total. The Hall–Kier alpha value is -2.81. The smallest absolute Gasteiger partial charge is 0.431 e. The molecule has 0 spiro atoms. The van der Waals surface area contributed by atoms with Crippen LogP contribution in [0.3, 0.4) is 0 Å². The molecule has 4 aliphatic rings. The average molecular weight is 681 g/mol. The Morgan fingerprint density at radius 1 is 1.11 bits per heavy atom. The molecular formula is C33H48N2O11S. The minimum absolute atomic E-state index is 0.0200. The molecule has 47 heavy (non-hydrogen) atoms. The molecule has 0 saturated heterocycles. The zero-order valence-corrected chi connectivity index (χ0v) is 28.1. The molecule has 0 aromatic heterocycles. The fourth-order valence-corrected chi connectivity index (χ4v) is 10.5. The Morgan fingerprint density at radius 2 is 1.83 bits per heavy atom. The van der Waals surface area contributed by atoms with Crippen molar-refractivity contribution < 1.29 is 47.2 Å². The van der Waals surface area contributed by atoms with E-state index in [0.717, 1.165) is 19.3 Å². The number of para-hydroxylation sites is 2. The van der Waals surface area contributed by atoms with Crippen molar-refractivity contribution in [1.29, 1.82) is 0 Å². The summed E-state index contributed by atoms with van der Waals surface area (Å²) in [5.74, 6) is -0.427. The number of hydrogen-bond donors (Lipinski definition) is 4. The summed E-state index contributed by atoms with van der Waals surface area (Å²) in [6, 6.07) is 5.62. The van der Waals surface area contributed by atoms with Crippen molar-refractivity contribution in [3.63, 3.8) is 0 Å². The van der Waals surface area contributed by atoms with E-state index >= 15 is 0 Å². The number of rotatable bonds is 10. The number of nitrogens with zero attached hydrogens (tertiary/aromatic N) is 1. The fourth-order valence-electron chi connectivity index (χ4n) is 10.1. The van der Waals surface area contributed by atoms with Crippen molar-refractivity contribution in [3.8, 4) is 5.75 Å². The number of nitrogens with one attached hydrogen (secondary N) is 1. The molecule has 0 bridgehead atoms. The first-order chi connectivity index (χ1) is 22.0. The zero-order valence-electron chi connectivity index (χ0n) is 27.2. The van der Waals surface area contributed by atoms with Gasteiger partial charge < -0.3 is 25.0 Å². The molecule has 1 unspecified atom stereocenters. The van der Waals surface area contributed by atoms with E-state index in [1.54, 1.807) is 0 Å². The molecule has 1 aromatic carbocycles. The monoisotopic (exact) mass is 680 g/mol. The van der Waals surface area contributed by atoms with E-state index in [1.807, 2.05) is 0 Å². The third-order valence-corrected chi connectivity index (χ3v) is 13.2. The van der Waals surface area contributed by atoms with Gasteiger partial charge in [-0.3, -0.25) is 19.5 Å². The Balaban J connectivity index is 1.21. The van der Waals surface area contributed by atoms with Gasteiger partial charge in [0.25, 0.3) is 10.1 Å². The number of fused-ring (bicyclic) bond motifs is 5. The van der Waals surface area contributed by atoms with Gasteiger partial charge in [-0.05, 0) is 104 Å². The molecule has 4 aliphatic carbocycles. The van der Waals surface area contributed by atoms with Crippen molar-refractivity contribution in [3.05, 3.63) is 34.4 Å². The van der Waals surface area contributed by atoms with Crippen LogP contribution in [0.5, 0.6) is 5.75 Å². The molecule has 4 saturated carbocycles. The van der Waals surface area contributed by atoms with E-state index in [-0.39, 0.29) is 71.2 Å². The zero-order chi connectivity index (χ0) is 34.3. The predicted octanol–water partition coefficient (Wildman–Crippen LogP) is 4.50. The van der Waals surface area contributed by atoms with Gasteiger partial charge in [0.1, 0.15) is 6.10 Å². The number of benzene rings is 1. The predicted molar refractivity (Wildman–Crippen MR) is 170 cm³/mol. The number of nitro groups is 1. The van der Waals surface area contributed by atoms with Crippen LogP contribution >= 0.6 is 0 Å². The van der Waals surface area contributed by atoms with Crippen LogP contribution in [0.25, 0.3) is 0 Å². The lowest BCUT2D eigenvalue weighted by molar-refractivity contribution is -0.385. The number of carbonyl (C=O) groups is 2. The number of carbonyl (C=O) groups excluding carboxylic acids is 2. The maximum absolute atomic E-state index is 12.6. The summed E-state index contributed by atoms with van der Waals surface area (Å²) < 4.78 is 41.6. The topological polar surface area (TPSA) is 203 Å². The Bertz CT molecular complexity index is 1460. The molecule has 14 heteroatoms. The lowest BCUT2D eigenvalue weighted by Gasteiger charge is -2.63. The summed E-state index contributed by atoms with van der Waals surface area (Å²) in [4.78, 5) is 35.7. The maximum atomic E-state index is 12.6. The quantitative estimate of drug-likeness (QED) is 0.0891. The molecule has 11 atom stereocenters. The van der Waals surface area contributed by atoms with Gasteiger partial charge in [-0.2, -0.15) is 8.42 Å². The van der Waals surface area contributed by atoms with Gasteiger partial charge in [-0.25, -0.2) is 4.79 Å². The van der Waals surface area contributed by atoms with Crippen LogP contribution < -0.4 is 10.1 Å². The van der Waals surface area contributed by atoms with Crippen molar-refractivity contribution in [2.45, 2.75) is 96.9 Å². The number of nitro benzene ring substituents is 1. The Labute approximate surface area is 275 Å². The molecule has 1 aromatic rings. The van der Waals surface area contributed by atoms with Gasteiger partial charge in [0.05, 0.1) is 22.9 Å². The summed E-state index contributed by atoms with van der Waals surface area (Å²) in [5.41, 5.74) is -0.915. The molecule has 262 valence electrons. The van der Waals surface area contributed by atoms with Crippen LogP contribution in [0.1, 0.15) is 78.6 Å². The molecule has 4 N–H and O–H groups in total. The van der Waals surface area contributed by atoms with E-state index in [1.165, 1.54) is 24.3 Å². The van der Waals surface area contributed by atoms with Gasteiger partial charge >= 0.3 is 11.8 Å². The van der Waals surface area contributed by atoms with Crippen LogP contribution in [-0.2, 0) is 19.6 Å². The van der Waals surface area contributed by atoms with Gasteiger partial charge in [0.2, 0.25) is 11.7 Å². The molecule has 0 aliphatic heterocycles. The Kier molecular flexibility index (Phi) is 10.3. The number of aliphatic hydroxyl groups is 2. The fraction of sp³-hybridized carbons (Fsp3) is 0.758. The molecule has 5 rings (SSSR count). The van der Waals surface area contributed by atoms with Crippen LogP contribution in [-0.4, -0.2) is 70.8 Å². The van der Waals surface area contributed by atoms with Gasteiger partial charge in [0.15, 0.2) is 0 Å². The number of aliphatic hydroxyl groups excluding tert-OH is 2. The summed E-state index contributed by atoms with van der Waals surface area (Å²) in [6.45, 7) is 6.34. The molecular weight excluding hydrogens is 632 g/mol. The number of hydrogen-bond acceptors (Lipinski definition) is 10. The minimum atomic E-state index is -4.15. The normalized spacial score (nSPS) is 37.1. The Morgan fingerprint density at radius 3 is 2.53 bits per heavy atom. The van der Waals surface area contributed by atoms with Crippen molar-refractivity contribution in [2.75, 3.05) is 12.3 Å². The first-order valence-electron chi connectivity index (χ1n) is 16.7. The average Bonchev–Trinajstić information content (AvgIpc) is 3.35. The van der Waals surface area contributed by atoms with Gasteiger partial charge in [-0.15, -0.1) is 0 Å². The highest BCUT2D eigenvalue weighted by Gasteiger charge is 2.65. The van der Waals surface area contributed by atoms with Crippen molar-refractivity contribution in [2.24, 2.45) is 46.3 Å². The van der Waals surface area contributed by atoms with Crippen LogP contribution in [0.15, 0.2) is 24.3 Å². The van der Waals surface area contributed by atoms with E-state index < -0.39 is 50.7 Å². The van der Waals surface area contributed by atoms with E-state index in [9.17, 15) is 38.3 Å². The van der Waals surface area contributed by atoms with Crippen LogP contribution in [0, 0.1) is 56.5 Å². The standard InChI is InChI=1S/C33H48N2O11S/c1-19(8-11-29(38)34-14-15-47(42,43)44)22-9-10-23-30-24(18-28(37)33(22,23)3)32(2)13-12-21(16-20(32)17-26(30)36)45-31(39)46-27-7-5-4-6-25(27)35(40)41/h4-7,19-24,26,28,30,36-37H,8-18H2,1-3H3,(H,34,38)(H,42,43,44)/t19-,20?,21-,22-,23+,24+,26-,28+,30+,32+,33-/m1/s1. The molecule has 4 fully saturated rings. The summed E-state index contributed by atoms with van der Waals surface area (Å²) in [5, 5.41) is 37.4. The van der Waals surface area contributed by atoms with Gasteiger partial charge in [-0.1, -0.05) is 32.9 Å². The largest absolute Gasteiger partial charge is 0.514 e. The summed E-state index contributed by atoms with van der Waals surface area (Å²) in [6.07, 6.45) is 2.95. The first kappa shape index (κ1) is 35.5. The molecule has 1 amide bonds. The molecule has 0 radical (unpaired) electrons. The van der Waals surface area contributed by atoms with E-state index in [0.29, 0.717) is 32.1 Å². The van der Waals surface area contributed by atoms with Crippen molar-refractivity contribution >= 4 is 27.9 Å². The third-order valence-electron chi connectivity index (χ3n) is 12.5. The lowest BCUT2D eigenvalue weighted by Crippen LogP contribution is -2.62. The van der Waals surface area contributed by atoms with Gasteiger partial charge in [0, 0.05) is 19.0 Å². The number of amides is 1. The van der Waals surface area contributed by atoms with E-state index in [4.69, 9.17) is 14.0 Å². The SMILES string of the molecule is C[C@H](CCC(=O)NCCS(=O)(=O)O)[C@H]1CC[C@H]2[C@@H]3[C@H](O)CC4C[C@H](OC(=O)Oc5ccccc5[N+](=O)[O-])CC[C@]4(C)[C@H]3C[C@H](O)[C@]12C. The second-order valence-electron chi connectivity index (χ2n) is 14.8.